The highest BCUT2D eigenvalue weighted by atomic mass is 16.4. The van der Waals surface area contributed by atoms with Crippen molar-refractivity contribution in [3.05, 3.63) is 12.7 Å². The number of carboxylic acids is 1. The minimum Gasteiger partial charge on any atom is -0.480 e. The highest BCUT2D eigenvalue weighted by Gasteiger charge is 2.45. The quantitative estimate of drug-likeness (QED) is 0.699. The monoisotopic (exact) mass is 225 g/mol. The zero-order chi connectivity index (χ0) is 12.2. The summed E-state index contributed by atoms with van der Waals surface area (Å²) >= 11 is 0. The Bertz CT molecular complexity index is 295. The van der Waals surface area contributed by atoms with E-state index in [4.69, 9.17) is 5.11 Å². The summed E-state index contributed by atoms with van der Waals surface area (Å²) in [5, 5.41) is 8.74. The molecule has 4 heteroatoms. The predicted octanol–water partition coefficient (Wildman–Crippen LogP) is 1.67. The molecule has 0 bridgehead atoms. The highest BCUT2D eigenvalue weighted by molar-refractivity contribution is 5.86. The van der Waals surface area contributed by atoms with Crippen LogP contribution in [0, 0.1) is 5.41 Å². The van der Waals surface area contributed by atoms with Gasteiger partial charge in [0.15, 0.2) is 0 Å². The minimum absolute atomic E-state index is 0.0245. The number of carbonyl (C=O) groups is 2. The Hall–Kier alpha value is -1.32. The smallest absolute Gasteiger partial charge is 0.323 e. The third-order valence-electron chi connectivity index (χ3n) is 3.29. The summed E-state index contributed by atoms with van der Waals surface area (Å²) in [7, 11) is 0. The fraction of sp³-hybridized carbons (Fsp3) is 0.667. The van der Waals surface area contributed by atoms with Gasteiger partial charge in [0.1, 0.15) is 6.54 Å². The van der Waals surface area contributed by atoms with Crippen molar-refractivity contribution < 1.29 is 14.7 Å². The summed E-state index contributed by atoms with van der Waals surface area (Å²) in [4.78, 5) is 24.3. The van der Waals surface area contributed by atoms with Crippen molar-refractivity contribution in [3.8, 4) is 0 Å². The van der Waals surface area contributed by atoms with Crippen LogP contribution in [0.3, 0.4) is 0 Å². The van der Waals surface area contributed by atoms with Crippen molar-refractivity contribution in [2.75, 3.05) is 13.1 Å². The lowest BCUT2D eigenvalue weighted by molar-refractivity contribution is -0.153. The molecule has 1 fully saturated rings. The Balaban J connectivity index is 2.72. The van der Waals surface area contributed by atoms with Gasteiger partial charge in [-0.1, -0.05) is 12.5 Å². The largest absolute Gasteiger partial charge is 0.480 e. The maximum absolute atomic E-state index is 12.2. The molecule has 0 unspecified atom stereocenters. The second kappa shape index (κ2) is 5.14. The SMILES string of the molecule is C=CCC1(C(=O)N(CC)CC(=O)O)CCC1. The molecular weight excluding hydrogens is 206 g/mol. The van der Waals surface area contributed by atoms with E-state index in [0.29, 0.717) is 13.0 Å². The first-order valence-corrected chi connectivity index (χ1v) is 5.68. The zero-order valence-corrected chi connectivity index (χ0v) is 9.74. The summed E-state index contributed by atoms with van der Waals surface area (Å²) in [6.45, 7) is 5.72. The molecule has 1 aliphatic rings. The van der Waals surface area contributed by atoms with Gasteiger partial charge in [-0.3, -0.25) is 9.59 Å². The average molecular weight is 225 g/mol. The van der Waals surface area contributed by atoms with Crippen LogP contribution in [0.5, 0.6) is 0 Å². The van der Waals surface area contributed by atoms with Crippen molar-refractivity contribution in [1.29, 1.82) is 0 Å². The molecule has 0 aliphatic heterocycles. The van der Waals surface area contributed by atoms with Crippen LogP contribution >= 0.6 is 0 Å². The second-order valence-corrected chi connectivity index (χ2v) is 4.34. The van der Waals surface area contributed by atoms with Crippen LogP contribution in [-0.2, 0) is 9.59 Å². The number of amides is 1. The number of allylic oxidation sites excluding steroid dienone is 1. The van der Waals surface area contributed by atoms with Crippen molar-refractivity contribution in [2.45, 2.75) is 32.6 Å². The molecule has 0 atom stereocenters. The number of rotatable bonds is 6. The Labute approximate surface area is 95.9 Å². The number of likely N-dealkylation sites (N-methyl/N-ethyl adjacent to an activating group) is 1. The van der Waals surface area contributed by atoms with E-state index in [1.807, 2.05) is 0 Å². The topological polar surface area (TPSA) is 57.6 Å². The normalized spacial score (nSPS) is 17.3. The molecule has 90 valence electrons. The van der Waals surface area contributed by atoms with Crippen molar-refractivity contribution >= 4 is 11.9 Å². The van der Waals surface area contributed by atoms with Gasteiger partial charge in [-0.05, 0) is 26.2 Å². The first-order chi connectivity index (χ1) is 7.55. The van der Waals surface area contributed by atoms with E-state index in [0.717, 1.165) is 19.3 Å². The molecule has 1 amide bonds. The van der Waals surface area contributed by atoms with E-state index in [1.54, 1.807) is 13.0 Å². The van der Waals surface area contributed by atoms with Crippen molar-refractivity contribution in [2.24, 2.45) is 5.41 Å². The fourth-order valence-corrected chi connectivity index (χ4v) is 2.21. The van der Waals surface area contributed by atoms with Crippen LogP contribution in [0.2, 0.25) is 0 Å². The van der Waals surface area contributed by atoms with Gasteiger partial charge in [0.05, 0.1) is 5.41 Å². The van der Waals surface area contributed by atoms with Crippen LogP contribution in [-0.4, -0.2) is 35.0 Å². The van der Waals surface area contributed by atoms with Gasteiger partial charge in [-0.25, -0.2) is 0 Å². The van der Waals surface area contributed by atoms with Gasteiger partial charge in [-0.2, -0.15) is 0 Å². The fourth-order valence-electron chi connectivity index (χ4n) is 2.21. The maximum atomic E-state index is 12.2. The second-order valence-electron chi connectivity index (χ2n) is 4.34. The van der Waals surface area contributed by atoms with E-state index >= 15 is 0 Å². The zero-order valence-electron chi connectivity index (χ0n) is 9.74. The number of carbonyl (C=O) groups excluding carboxylic acids is 1. The molecule has 16 heavy (non-hydrogen) atoms. The molecule has 0 heterocycles. The van der Waals surface area contributed by atoms with Gasteiger partial charge < -0.3 is 10.0 Å². The molecule has 1 saturated carbocycles. The van der Waals surface area contributed by atoms with E-state index in [2.05, 4.69) is 6.58 Å². The first kappa shape index (κ1) is 12.7. The summed E-state index contributed by atoms with van der Waals surface area (Å²) in [6.07, 6.45) is 5.17. The summed E-state index contributed by atoms with van der Waals surface area (Å²) in [6, 6.07) is 0. The molecule has 1 rings (SSSR count). The molecule has 1 N–H and O–H groups in total. The van der Waals surface area contributed by atoms with Gasteiger partial charge in [0.25, 0.3) is 0 Å². The number of aliphatic carboxylic acids is 1. The van der Waals surface area contributed by atoms with E-state index in [1.165, 1.54) is 4.90 Å². The summed E-state index contributed by atoms with van der Waals surface area (Å²) in [5.41, 5.74) is -0.354. The van der Waals surface area contributed by atoms with Crippen LogP contribution in [0.25, 0.3) is 0 Å². The lowest BCUT2D eigenvalue weighted by Crippen LogP contribution is -2.49. The number of hydrogen-bond donors (Lipinski definition) is 1. The molecule has 0 aromatic carbocycles. The molecular formula is C12H19NO3. The Morgan fingerprint density at radius 3 is 2.44 bits per heavy atom. The van der Waals surface area contributed by atoms with Crippen molar-refractivity contribution in [3.63, 3.8) is 0 Å². The number of hydrogen-bond acceptors (Lipinski definition) is 2. The van der Waals surface area contributed by atoms with Crippen LogP contribution in [0.1, 0.15) is 32.6 Å². The van der Waals surface area contributed by atoms with Crippen LogP contribution in [0.15, 0.2) is 12.7 Å². The van der Waals surface area contributed by atoms with Crippen LogP contribution < -0.4 is 0 Å². The lowest BCUT2D eigenvalue weighted by Gasteiger charge is -2.42. The molecule has 0 aromatic heterocycles. The number of nitrogens with zero attached hydrogens (tertiary/aromatic N) is 1. The van der Waals surface area contributed by atoms with Crippen LogP contribution in [0.4, 0.5) is 0 Å². The van der Waals surface area contributed by atoms with Gasteiger partial charge in [-0.15, -0.1) is 6.58 Å². The first-order valence-electron chi connectivity index (χ1n) is 5.68. The molecule has 0 saturated heterocycles. The number of carboxylic acid groups (broad SMARTS) is 1. The average Bonchev–Trinajstić information content (AvgIpc) is 2.18. The van der Waals surface area contributed by atoms with Gasteiger partial charge >= 0.3 is 5.97 Å². The third kappa shape index (κ3) is 2.43. The lowest BCUT2D eigenvalue weighted by atomic mass is 9.65. The van der Waals surface area contributed by atoms with E-state index < -0.39 is 5.97 Å². The van der Waals surface area contributed by atoms with Gasteiger partial charge in [0.2, 0.25) is 5.91 Å². The Morgan fingerprint density at radius 1 is 1.50 bits per heavy atom. The minimum atomic E-state index is -0.955. The Morgan fingerprint density at radius 2 is 2.12 bits per heavy atom. The molecule has 0 aromatic rings. The Kier molecular flexibility index (Phi) is 4.10. The highest BCUT2D eigenvalue weighted by Crippen LogP contribution is 2.45. The molecule has 0 radical (unpaired) electrons. The van der Waals surface area contributed by atoms with Crippen molar-refractivity contribution in [1.82, 2.24) is 4.90 Å². The third-order valence-corrected chi connectivity index (χ3v) is 3.29. The molecule has 4 nitrogen and oxygen atoms in total. The molecule has 0 spiro atoms. The van der Waals surface area contributed by atoms with E-state index in [9.17, 15) is 9.59 Å². The maximum Gasteiger partial charge on any atom is 0.323 e. The van der Waals surface area contributed by atoms with E-state index in [-0.39, 0.29) is 17.9 Å². The summed E-state index contributed by atoms with van der Waals surface area (Å²) in [5.74, 6) is -0.980. The van der Waals surface area contributed by atoms with Gasteiger partial charge in [0, 0.05) is 6.54 Å². The predicted molar refractivity (Wildman–Crippen MR) is 61.0 cm³/mol. The standard InChI is InChI=1S/C12H19NO3/c1-3-6-12(7-5-8-12)11(16)13(4-2)9-10(14)15/h3H,1,4-9H2,2H3,(H,14,15). The summed E-state index contributed by atoms with van der Waals surface area (Å²) < 4.78 is 0. The molecule has 1 aliphatic carbocycles.